The van der Waals surface area contributed by atoms with Crippen LogP contribution in [0.3, 0.4) is 0 Å². The minimum atomic E-state index is -0.393. The van der Waals surface area contributed by atoms with Gasteiger partial charge in [-0.2, -0.15) is 0 Å². The van der Waals surface area contributed by atoms with Crippen molar-refractivity contribution in [1.82, 2.24) is 20.9 Å². The lowest BCUT2D eigenvalue weighted by atomic mass is 9.85. The summed E-state index contributed by atoms with van der Waals surface area (Å²) in [6.45, 7) is 4.58. The molecule has 1 saturated carbocycles. The molecule has 1 aliphatic carbocycles. The summed E-state index contributed by atoms with van der Waals surface area (Å²) in [7, 11) is 0. The predicted molar refractivity (Wildman–Crippen MR) is 116 cm³/mol. The predicted octanol–water partition coefficient (Wildman–Crippen LogP) is 1.84. The molecule has 3 rings (SSSR count). The van der Waals surface area contributed by atoms with Gasteiger partial charge in [0.1, 0.15) is 0 Å². The Morgan fingerprint density at radius 3 is 2.63 bits per heavy atom. The van der Waals surface area contributed by atoms with Crippen LogP contribution in [-0.2, 0) is 20.9 Å². The number of amides is 3. The lowest BCUT2D eigenvalue weighted by Gasteiger charge is -2.34. The first-order chi connectivity index (χ1) is 14.5. The Labute approximate surface area is 182 Å². The fourth-order valence-electron chi connectivity index (χ4n) is 4.29. The topological polar surface area (TPSA) is 90.5 Å². The lowest BCUT2D eigenvalue weighted by molar-refractivity contribution is -0.134. The van der Waals surface area contributed by atoms with Crippen LogP contribution in [0.5, 0.6) is 0 Å². The normalized spacial score (nSPS) is 24.7. The monoisotopic (exact) mass is 434 g/mol. The number of rotatable bonds is 7. The van der Waals surface area contributed by atoms with Crippen molar-refractivity contribution < 1.29 is 14.4 Å². The van der Waals surface area contributed by atoms with E-state index in [2.05, 4.69) is 16.0 Å². The molecule has 1 aromatic rings. The van der Waals surface area contributed by atoms with E-state index in [0.29, 0.717) is 18.1 Å². The van der Waals surface area contributed by atoms with E-state index >= 15 is 0 Å². The van der Waals surface area contributed by atoms with Crippen molar-refractivity contribution in [3.05, 3.63) is 34.9 Å². The first-order valence-corrected chi connectivity index (χ1v) is 11.2. The van der Waals surface area contributed by atoms with E-state index in [9.17, 15) is 14.4 Å². The van der Waals surface area contributed by atoms with Gasteiger partial charge in [0.15, 0.2) is 0 Å². The van der Waals surface area contributed by atoms with Crippen LogP contribution in [0, 0.1) is 5.92 Å². The fraction of sp³-hybridized carbons (Fsp3) is 0.591. The van der Waals surface area contributed by atoms with E-state index in [1.807, 2.05) is 36.1 Å². The van der Waals surface area contributed by atoms with Gasteiger partial charge in [-0.25, -0.2) is 0 Å². The van der Waals surface area contributed by atoms with Crippen LogP contribution in [0.4, 0.5) is 0 Å². The van der Waals surface area contributed by atoms with Crippen LogP contribution >= 0.6 is 11.6 Å². The average Bonchev–Trinajstić information content (AvgIpc) is 2.75. The van der Waals surface area contributed by atoms with Gasteiger partial charge in [0.05, 0.1) is 12.5 Å². The van der Waals surface area contributed by atoms with Crippen molar-refractivity contribution in [3.8, 4) is 0 Å². The molecule has 164 valence electrons. The summed E-state index contributed by atoms with van der Waals surface area (Å²) in [4.78, 5) is 39.1. The second kappa shape index (κ2) is 10.8. The standard InChI is InChI=1S/C22H31ClN4O3/c1-2-27-12-11-24-22(30)19(27)13-20(28)26-17-9-7-15(8-10-17)21(29)25-14-16-5-3-4-6-18(16)23/h3-6,15,17,19H,2,7-14H2,1H3,(H,24,30)(H,25,29)(H,26,28). The number of benzene rings is 1. The number of nitrogens with one attached hydrogen (secondary N) is 3. The summed E-state index contributed by atoms with van der Waals surface area (Å²) in [6, 6.07) is 7.15. The molecular formula is C22H31ClN4O3. The Morgan fingerprint density at radius 2 is 1.93 bits per heavy atom. The maximum atomic E-state index is 12.5. The van der Waals surface area contributed by atoms with E-state index in [1.165, 1.54) is 0 Å². The zero-order valence-corrected chi connectivity index (χ0v) is 18.2. The van der Waals surface area contributed by atoms with Gasteiger partial charge in [-0.15, -0.1) is 0 Å². The SMILES string of the molecule is CCN1CCNC(=O)C1CC(=O)NC1CCC(C(=O)NCc2ccccc2Cl)CC1. The number of hydrogen-bond donors (Lipinski definition) is 3. The van der Waals surface area contributed by atoms with Crippen LogP contribution < -0.4 is 16.0 Å². The molecule has 2 fully saturated rings. The highest BCUT2D eigenvalue weighted by molar-refractivity contribution is 6.31. The maximum absolute atomic E-state index is 12.5. The van der Waals surface area contributed by atoms with Crippen LogP contribution in [0.25, 0.3) is 0 Å². The van der Waals surface area contributed by atoms with Crippen molar-refractivity contribution in [3.63, 3.8) is 0 Å². The number of likely N-dealkylation sites (N-methyl/N-ethyl adjacent to an activating group) is 1. The van der Waals surface area contributed by atoms with Crippen molar-refractivity contribution in [1.29, 1.82) is 0 Å². The van der Waals surface area contributed by atoms with Gasteiger partial charge in [-0.3, -0.25) is 19.3 Å². The van der Waals surface area contributed by atoms with Gasteiger partial charge in [-0.1, -0.05) is 36.7 Å². The molecule has 2 aliphatic rings. The van der Waals surface area contributed by atoms with Crippen LogP contribution in [0.2, 0.25) is 5.02 Å². The third kappa shape index (κ3) is 5.95. The molecule has 1 aliphatic heterocycles. The average molecular weight is 435 g/mol. The quantitative estimate of drug-likeness (QED) is 0.610. The molecule has 1 heterocycles. The fourth-order valence-corrected chi connectivity index (χ4v) is 4.50. The summed E-state index contributed by atoms with van der Waals surface area (Å²) in [5, 5.41) is 9.52. The minimum absolute atomic E-state index is 0.0390. The van der Waals surface area contributed by atoms with Gasteiger partial charge in [0.2, 0.25) is 17.7 Å². The van der Waals surface area contributed by atoms with Gasteiger partial charge >= 0.3 is 0 Å². The summed E-state index contributed by atoms with van der Waals surface area (Å²) in [5.74, 6) is -0.170. The highest BCUT2D eigenvalue weighted by atomic mass is 35.5. The molecule has 8 heteroatoms. The third-order valence-corrected chi connectivity index (χ3v) is 6.47. The molecule has 30 heavy (non-hydrogen) atoms. The summed E-state index contributed by atoms with van der Waals surface area (Å²) < 4.78 is 0. The highest BCUT2D eigenvalue weighted by Crippen LogP contribution is 2.25. The van der Waals surface area contributed by atoms with Crippen molar-refractivity contribution in [2.75, 3.05) is 19.6 Å². The highest BCUT2D eigenvalue weighted by Gasteiger charge is 2.32. The number of carbonyl (C=O) groups is 3. The molecule has 3 N–H and O–H groups in total. The van der Waals surface area contributed by atoms with Crippen molar-refractivity contribution in [2.24, 2.45) is 5.92 Å². The van der Waals surface area contributed by atoms with Crippen molar-refractivity contribution >= 4 is 29.3 Å². The van der Waals surface area contributed by atoms with Crippen LogP contribution in [0.15, 0.2) is 24.3 Å². The Bertz CT molecular complexity index is 765. The Morgan fingerprint density at radius 1 is 1.20 bits per heavy atom. The third-order valence-electron chi connectivity index (χ3n) is 6.10. The first-order valence-electron chi connectivity index (χ1n) is 10.8. The summed E-state index contributed by atoms with van der Waals surface area (Å²) in [6.07, 6.45) is 3.20. The minimum Gasteiger partial charge on any atom is -0.353 e. The van der Waals surface area contributed by atoms with Crippen LogP contribution in [-0.4, -0.2) is 54.3 Å². The Kier molecular flexibility index (Phi) is 8.10. The maximum Gasteiger partial charge on any atom is 0.237 e. The smallest absolute Gasteiger partial charge is 0.237 e. The number of carbonyl (C=O) groups excluding carboxylic acids is 3. The molecule has 3 amide bonds. The second-order valence-corrected chi connectivity index (χ2v) is 8.47. The van der Waals surface area contributed by atoms with Gasteiger partial charge in [0.25, 0.3) is 0 Å². The first kappa shape index (κ1) is 22.6. The van der Waals surface area contributed by atoms with E-state index < -0.39 is 6.04 Å². The number of piperazine rings is 1. The number of halogens is 1. The van der Waals surface area contributed by atoms with Crippen LogP contribution in [0.1, 0.15) is 44.6 Å². The molecule has 0 spiro atoms. The molecule has 0 bridgehead atoms. The Balaban J connectivity index is 1.40. The number of nitrogens with zero attached hydrogens (tertiary/aromatic N) is 1. The molecule has 1 saturated heterocycles. The zero-order chi connectivity index (χ0) is 21.5. The van der Waals surface area contributed by atoms with E-state index in [1.54, 1.807) is 0 Å². The van der Waals surface area contributed by atoms with E-state index in [4.69, 9.17) is 11.6 Å². The van der Waals surface area contributed by atoms with Gasteiger partial charge in [-0.05, 0) is 43.9 Å². The van der Waals surface area contributed by atoms with E-state index in [0.717, 1.165) is 44.3 Å². The van der Waals surface area contributed by atoms with Crippen molar-refractivity contribution in [2.45, 2.75) is 57.7 Å². The van der Waals surface area contributed by atoms with Gasteiger partial charge < -0.3 is 16.0 Å². The molecule has 1 unspecified atom stereocenters. The largest absolute Gasteiger partial charge is 0.353 e. The molecule has 0 radical (unpaired) electrons. The molecule has 0 aromatic heterocycles. The molecule has 1 aromatic carbocycles. The molecule has 1 atom stereocenters. The summed E-state index contributed by atoms with van der Waals surface area (Å²) in [5.41, 5.74) is 0.904. The Hall–Kier alpha value is -2.12. The second-order valence-electron chi connectivity index (χ2n) is 8.06. The van der Waals surface area contributed by atoms with Gasteiger partial charge in [0, 0.05) is 36.6 Å². The lowest BCUT2D eigenvalue weighted by Crippen LogP contribution is -2.56. The molecule has 7 nitrogen and oxygen atoms in total. The van der Waals surface area contributed by atoms with E-state index in [-0.39, 0.29) is 36.1 Å². The molecular weight excluding hydrogens is 404 g/mol. The number of hydrogen-bond acceptors (Lipinski definition) is 4. The zero-order valence-electron chi connectivity index (χ0n) is 17.5. The summed E-state index contributed by atoms with van der Waals surface area (Å²) >= 11 is 6.14.